The summed E-state index contributed by atoms with van der Waals surface area (Å²) in [4.78, 5) is 15.4. The number of benzene rings is 1. The minimum Gasteiger partial charge on any atom is -0.303 e. The summed E-state index contributed by atoms with van der Waals surface area (Å²) >= 11 is 1.54. The number of carbonyl (C=O) groups is 1. The molecule has 1 atom stereocenters. The molecule has 0 aliphatic carbocycles. The van der Waals surface area contributed by atoms with Gasteiger partial charge < -0.3 is 4.79 Å². The Morgan fingerprint density at radius 2 is 2.00 bits per heavy atom. The highest BCUT2D eigenvalue weighted by Gasteiger charge is 2.13. The van der Waals surface area contributed by atoms with Crippen molar-refractivity contribution in [2.75, 3.05) is 0 Å². The Balaban J connectivity index is 2.10. The van der Waals surface area contributed by atoms with Crippen molar-refractivity contribution < 1.29 is 4.79 Å². The maximum Gasteiger partial charge on any atom is 0.130 e. The molecule has 0 radical (unpaired) electrons. The van der Waals surface area contributed by atoms with Crippen LogP contribution in [0.25, 0.3) is 0 Å². The van der Waals surface area contributed by atoms with Crippen LogP contribution in [0.2, 0.25) is 0 Å². The van der Waals surface area contributed by atoms with Crippen LogP contribution in [0.1, 0.15) is 41.8 Å². The lowest BCUT2D eigenvalue weighted by molar-refractivity contribution is -0.109. The molecule has 2 aromatic rings. The number of rotatable bonds is 5. The van der Waals surface area contributed by atoms with Crippen LogP contribution in [-0.4, -0.2) is 11.3 Å². The van der Waals surface area contributed by atoms with E-state index in [9.17, 15) is 4.79 Å². The van der Waals surface area contributed by atoms with Crippen molar-refractivity contribution in [2.45, 2.75) is 32.1 Å². The van der Waals surface area contributed by atoms with Gasteiger partial charge in [0, 0.05) is 11.6 Å². The van der Waals surface area contributed by atoms with Gasteiger partial charge in [-0.25, -0.2) is 4.98 Å². The van der Waals surface area contributed by atoms with Gasteiger partial charge in [0.1, 0.15) is 11.3 Å². The number of thiazole rings is 1. The van der Waals surface area contributed by atoms with Gasteiger partial charge in [0.15, 0.2) is 0 Å². The molecule has 1 heterocycles. The molecule has 1 aromatic carbocycles. The fourth-order valence-corrected chi connectivity index (χ4v) is 2.60. The molecule has 94 valence electrons. The first kappa shape index (κ1) is 13.0. The number of carbonyl (C=O) groups excluding carboxylic acids is 1. The van der Waals surface area contributed by atoms with Gasteiger partial charge in [0.2, 0.25) is 0 Å². The smallest absolute Gasteiger partial charge is 0.130 e. The molecule has 0 aliphatic heterocycles. The van der Waals surface area contributed by atoms with E-state index in [0.717, 1.165) is 17.7 Å². The van der Waals surface area contributed by atoms with Crippen LogP contribution in [0.5, 0.6) is 0 Å². The molecule has 1 unspecified atom stereocenters. The zero-order valence-electron chi connectivity index (χ0n) is 10.7. The van der Waals surface area contributed by atoms with Crippen molar-refractivity contribution in [1.29, 1.82) is 0 Å². The Labute approximate surface area is 112 Å². The first-order valence-corrected chi connectivity index (χ1v) is 7.02. The third-order valence-electron chi connectivity index (χ3n) is 3.03. The third-order valence-corrected chi connectivity index (χ3v) is 3.94. The number of nitrogens with zero attached hydrogens (tertiary/aromatic N) is 1. The normalized spacial score (nSPS) is 12.6. The molecule has 2 rings (SSSR count). The van der Waals surface area contributed by atoms with Gasteiger partial charge in [-0.1, -0.05) is 38.1 Å². The molecule has 0 aliphatic rings. The third kappa shape index (κ3) is 3.05. The number of aldehydes is 1. The maximum absolute atomic E-state index is 11.1. The molecule has 3 heteroatoms. The molecule has 0 N–H and O–H groups in total. The van der Waals surface area contributed by atoms with E-state index in [0.29, 0.717) is 5.92 Å². The Hall–Kier alpha value is -1.48. The molecule has 0 amide bonds. The van der Waals surface area contributed by atoms with Gasteiger partial charge in [0.25, 0.3) is 0 Å². The molecule has 1 aromatic heterocycles. The maximum atomic E-state index is 11.1. The fraction of sp³-hybridized carbons (Fsp3) is 0.333. The lowest BCUT2D eigenvalue weighted by Crippen LogP contribution is -2.04. The van der Waals surface area contributed by atoms with Crippen molar-refractivity contribution in [3.63, 3.8) is 0 Å². The van der Waals surface area contributed by atoms with Crippen molar-refractivity contribution in [3.8, 4) is 0 Å². The summed E-state index contributed by atoms with van der Waals surface area (Å²) in [5.41, 5.74) is 2.52. The van der Waals surface area contributed by atoms with Gasteiger partial charge in [-0.3, -0.25) is 0 Å². The number of hydrogen-bond acceptors (Lipinski definition) is 3. The Morgan fingerprint density at radius 1 is 1.28 bits per heavy atom. The Kier molecular flexibility index (Phi) is 4.26. The lowest BCUT2D eigenvalue weighted by Gasteiger charge is -2.09. The fourth-order valence-electron chi connectivity index (χ4n) is 1.90. The minimum atomic E-state index is -0.116. The molecule has 18 heavy (non-hydrogen) atoms. The topological polar surface area (TPSA) is 30.0 Å². The van der Waals surface area contributed by atoms with Gasteiger partial charge in [0.05, 0.1) is 5.92 Å². The van der Waals surface area contributed by atoms with E-state index in [1.165, 1.54) is 11.1 Å². The summed E-state index contributed by atoms with van der Waals surface area (Å²) in [6.45, 7) is 4.36. The van der Waals surface area contributed by atoms with E-state index in [2.05, 4.69) is 43.1 Å². The molecule has 0 fully saturated rings. The van der Waals surface area contributed by atoms with Gasteiger partial charge in [-0.15, -0.1) is 11.3 Å². The van der Waals surface area contributed by atoms with Gasteiger partial charge in [-0.2, -0.15) is 0 Å². The second-order valence-corrected chi connectivity index (χ2v) is 5.64. The second-order valence-electron chi connectivity index (χ2n) is 4.71. The number of aromatic nitrogens is 1. The largest absolute Gasteiger partial charge is 0.303 e. The Morgan fingerprint density at radius 3 is 2.50 bits per heavy atom. The summed E-state index contributed by atoms with van der Waals surface area (Å²) in [5.74, 6) is 0.426. The lowest BCUT2D eigenvalue weighted by atomic mass is 9.97. The van der Waals surface area contributed by atoms with Crippen molar-refractivity contribution >= 4 is 17.6 Å². The zero-order chi connectivity index (χ0) is 13.0. The number of hydrogen-bond donors (Lipinski definition) is 0. The van der Waals surface area contributed by atoms with E-state index in [-0.39, 0.29) is 5.92 Å². The highest BCUT2D eigenvalue weighted by molar-refractivity contribution is 7.09. The van der Waals surface area contributed by atoms with E-state index < -0.39 is 0 Å². The van der Waals surface area contributed by atoms with E-state index in [1.54, 1.807) is 17.5 Å². The van der Waals surface area contributed by atoms with Crippen molar-refractivity contribution in [2.24, 2.45) is 0 Å². The van der Waals surface area contributed by atoms with E-state index in [4.69, 9.17) is 0 Å². The summed E-state index contributed by atoms with van der Waals surface area (Å²) in [7, 11) is 0. The molecular weight excluding hydrogens is 242 g/mol. The highest BCUT2D eigenvalue weighted by Crippen LogP contribution is 2.22. The first-order chi connectivity index (χ1) is 8.70. The second kappa shape index (κ2) is 5.91. The zero-order valence-corrected chi connectivity index (χ0v) is 11.5. The van der Waals surface area contributed by atoms with Crippen molar-refractivity contribution in [1.82, 2.24) is 4.98 Å². The molecule has 0 spiro atoms. The summed E-state index contributed by atoms with van der Waals surface area (Å²) in [5, 5.41) is 2.81. The van der Waals surface area contributed by atoms with Gasteiger partial charge >= 0.3 is 0 Å². The monoisotopic (exact) mass is 259 g/mol. The highest BCUT2D eigenvalue weighted by atomic mass is 32.1. The average Bonchev–Trinajstić information content (AvgIpc) is 2.90. The van der Waals surface area contributed by atoms with Crippen LogP contribution in [0.15, 0.2) is 35.8 Å². The van der Waals surface area contributed by atoms with Crippen molar-refractivity contribution in [3.05, 3.63) is 52.0 Å². The van der Waals surface area contributed by atoms with E-state index in [1.807, 2.05) is 5.38 Å². The summed E-state index contributed by atoms with van der Waals surface area (Å²) < 4.78 is 0. The molecule has 0 saturated heterocycles. The average molecular weight is 259 g/mol. The van der Waals surface area contributed by atoms with Crippen LogP contribution in [0, 0.1) is 0 Å². The molecule has 0 saturated carbocycles. The van der Waals surface area contributed by atoms with Gasteiger partial charge in [-0.05, 0) is 23.5 Å². The van der Waals surface area contributed by atoms with Crippen LogP contribution in [0.4, 0.5) is 0 Å². The quantitative estimate of drug-likeness (QED) is 0.765. The minimum absolute atomic E-state index is 0.116. The first-order valence-electron chi connectivity index (χ1n) is 6.14. The summed E-state index contributed by atoms with van der Waals surface area (Å²) in [6.07, 6.45) is 3.48. The molecule has 0 bridgehead atoms. The Bertz CT molecular complexity index is 488. The summed E-state index contributed by atoms with van der Waals surface area (Å²) in [6, 6.07) is 8.51. The molecule has 2 nitrogen and oxygen atoms in total. The predicted molar refractivity (Wildman–Crippen MR) is 75.2 cm³/mol. The van der Waals surface area contributed by atoms with Crippen LogP contribution >= 0.6 is 11.3 Å². The van der Waals surface area contributed by atoms with E-state index >= 15 is 0 Å². The SMILES string of the molecule is CC(C)c1ccc(CC(C=O)c2nccs2)cc1. The van der Waals surface area contributed by atoms with Crippen LogP contribution < -0.4 is 0 Å². The molecular formula is C15H17NOS. The predicted octanol–water partition coefficient (Wildman–Crippen LogP) is 3.79. The standard InChI is InChI=1S/C15H17NOS/c1-11(2)13-5-3-12(4-6-13)9-14(10-17)15-16-7-8-18-15/h3-8,10-11,14H,9H2,1-2H3. The van der Waals surface area contributed by atoms with Crippen LogP contribution in [0.3, 0.4) is 0 Å². The van der Waals surface area contributed by atoms with Crippen LogP contribution in [-0.2, 0) is 11.2 Å².